The fourth-order valence-corrected chi connectivity index (χ4v) is 8.57. The Balaban J connectivity index is 1.12. The van der Waals surface area contributed by atoms with E-state index in [1.807, 2.05) is 12.1 Å². The van der Waals surface area contributed by atoms with Crippen molar-refractivity contribution in [1.82, 2.24) is 8.75 Å². The number of aryl methyl sites for hydroxylation is 2. The molecule has 1 heterocycles. The fourth-order valence-electron chi connectivity index (χ4n) is 8.01. The minimum Gasteiger partial charge on any atom is -0.311 e. The lowest BCUT2D eigenvalue weighted by atomic mass is 9.64. The largest absolute Gasteiger partial charge is 0.311 e. The van der Waals surface area contributed by atoms with Gasteiger partial charge in [0.25, 0.3) is 0 Å². The molecule has 230 valence electrons. The van der Waals surface area contributed by atoms with Gasteiger partial charge in [-0.2, -0.15) is 8.75 Å². The van der Waals surface area contributed by atoms with Crippen molar-refractivity contribution in [3.8, 4) is 11.1 Å². The summed E-state index contributed by atoms with van der Waals surface area (Å²) in [5.41, 5.74) is 10.2. The van der Waals surface area contributed by atoms with Gasteiger partial charge in [0.1, 0.15) is 11.0 Å². The molecule has 5 aromatic rings. The molecule has 0 N–H and O–H groups in total. The molecule has 7 heteroatoms. The summed E-state index contributed by atoms with van der Waals surface area (Å²) in [5.74, 6) is 0.272. The van der Waals surface area contributed by atoms with Crippen LogP contribution in [0.5, 0.6) is 0 Å². The van der Waals surface area contributed by atoms with E-state index in [9.17, 15) is 9.59 Å². The van der Waals surface area contributed by atoms with Gasteiger partial charge in [0.15, 0.2) is 0 Å². The van der Waals surface area contributed by atoms with Crippen LogP contribution >= 0.6 is 11.7 Å². The first-order chi connectivity index (χ1) is 22.4. The Hall–Kier alpha value is -4.49. The molecule has 3 fully saturated rings. The highest BCUT2D eigenvalue weighted by Gasteiger charge is 2.52. The number of benzene rings is 4. The summed E-state index contributed by atoms with van der Waals surface area (Å²) in [6, 6.07) is 29.6. The van der Waals surface area contributed by atoms with E-state index in [1.165, 1.54) is 36.8 Å². The fraction of sp³-hybridized carbons (Fsp3) is 0.308. The van der Waals surface area contributed by atoms with Crippen LogP contribution < -0.4 is 4.90 Å². The van der Waals surface area contributed by atoms with Gasteiger partial charge in [-0.1, -0.05) is 73.2 Å². The smallest absolute Gasteiger partial charge is 0.243 e. The average Bonchev–Trinajstić information content (AvgIpc) is 3.66. The van der Waals surface area contributed by atoms with E-state index in [0.29, 0.717) is 28.8 Å². The van der Waals surface area contributed by atoms with Gasteiger partial charge in [-0.25, -0.2) is 4.99 Å². The first-order valence-corrected chi connectivity index (χ1v) is 17.1. The van der Waals surface area contributed by atoms with Crippen molar-refractivity contribution in [2.45, 2.75) is 52.4 Å². The van der Waals surface area contributed by atoms with Crippen LogP contribution in [0.4, 0.5) is 22.7 Å². The molecule has 46 heavy (non-hydrogen) atoms. The molecule has 0 spiro atoms. The molecule has 0 bridgehead atoms. The third-order valence-corrected chi connectivity index (χ3v) is 11.0. The van der Waals surface area contributed by atoms with Crippen LogP contribution in [-0.4, -0.2) is 26.0 Å². The maximum atomic E-state index is 13.3. The maximum absolute atomic E-state index is 13.3. The molecular formula is C39H36N4O2S. The molecule has 0 amide bonds. The lowest BCUT2D eigenvalue weighted by molar-refractivity contribution is -0.135. The number of fused-ring (bicyclic) bond motifs is 3. The molecule has 4 unspecified atom stereocenters. The number of hydrogen-bond donors (Lipinski definition) is 0. The lowest BCUT2D eigenvalue weighted by Crippen LogP contribution is -2.35. The molecule has 0 radical (unpaired) electrons. The second kappa shape index (κ2) is 11.7. The average molecular weight is 625 g/mol. The van der Waals surface area contributed by atoms with E-state index >= 15 is 0 Å². The summed E-state index contributed by atoms with van der Waals surface area (Å²) in [6.07, 6.45) is 6.61. The molecule has 8 rings (SSSR count). The van der Waals surface area contributed by atoms with Crippen molar-refractivity contribution in [3.63, 3.8) is 0 Å². The number of carbonyl (C=O) groups excluding carboxylic acids is 2. The van der Waals surface area contributed by atoms with Crippen LogP contribution in [0.3, 0.4) is 0 Å². The number of rotatable bonds is 5. The van der Waals surface area contributed by atoms with Gasteiger partial charge in [0.2, 0.25) is 11.6 Å². The summed E-state index contributed by atoms with van der Waals surface area (Å²) in [6.45, 7) is 4.20. The van der Waals surface area contributed by atoms with Crippen LogP contribution in [0, 0.1) is 37.5 Å². The molecule has 3 aliphatic rings. The Morgan fingerprint density at radius 2 is 1.22 bits per heavy atom. The quantitative estimate of drug-likeness (QED) is 0.182. The third-order valence-electron chi connectivity index (χ3n) is 10.5. The molecule has 4 aromatic carbocycles. The zero-order valence-electron chi connectivity index (χ0n) is 26.1. The SMILES string of the molecule is Cc1ccc(N(c2ccc(C)cc2)c2ccc(-c3ccc(N=C4C(=O)C(=O)C5CC6CCCCC6CC45)c4nsnc34)cc2)cc1. The summed E-state index contributed by atoms with van der Waals surface area (Å²) in [7, 11) is 0. The topological polar surface area (TPSA) is 75.5 Å². The first kappa shape index (κ1) is 28.9. The minimum atomic E-state index is -0.392. The number of nitrogens with zero attached hydrogens (tertiary/aromatic N) is 4. The van der Waals surface area contributed by atoms with Crippen LogP contribution in [0.15, 0.2) is 89.9 Å². The second-order valence-electron chi connectivity index (χ2n) is 13.3. The van der Waals surface area contributed by atoms with E-state index < -0.39 is 5.78 Å². The zero-order valence-corrected chi connectivity index (χ0v) is 27.0. The van der Waals surface area contributed by atoms with E-state index in [2.05, 4.69) is 100 Å². The van der Waals surface area contributed by atoms with Crippen LogP contribution in [0.25, 0.3) is 22.2 Å². The molecule has 3 saturated carbocycles. The van der Waals surface area contributed by atoms with Crippen molar-refractivity contribution in [2.24, 2.45) is 28.7 Å². The number of carbonyl (C=O) groups is 2. The second-order valence-corrected chi connectivity index (χ2v) is 13.9. The minimum absolute atomic E-state index is 0.0711. The maximum Gasteiger partial charge on any atom is 0.243 e. The predicted molar refractivity (Wildman–Crippen MR) is 186 cm³/mol. The molecule has 4 atom stereocenters. The normalized spacial score (nSPS) is 23.5. The van der Waals surface area contributed by atoms with Crippen molar-refractivity contribution in [3.05, 3.63) is 96.1 Å². The van der Waals surface area contributed by atoms with Gasteiger partial charge < -0.3 is 4.90 Å². The monoisotopic (exact) mass is 624 g/mol. The summed E-state index contributed by atoms with van der Waals surface area (Å²) < 4.78 is 9.29. The molecular weight excluding hydrogens is 589 g/mol. The molecule has 6 nitrogen and oxygen atoms in total. The molecule has 0 aliphatic heterocycles. The Labute approximate surface area is 273 Å². The first-order valence-electron chi connectivity index (χ1n) is 16.4. The zero-order chi connectivity index (χ0) is 31.4. The highest BCUT2D eigenvalue weighted by atomic mass is 32.1. The number of Topliss-reactive ketones (excluding diaryl/α,β-unsaturated/α-hetero) is 2. The van der Waals surface area contributed by atoms with Crippen LogP contribution in [0.2, 0.25) is 0 Å². The summed E-state index contributed by atoms with van der Waals surface area (Å²) in [5, 5.41) is 0. The highest BCUT2D eigenvalue weighted by Crippen LogP contribution is 2.49. The van der Waals surface area contributed by atoms with Gasteiger partial charge in [-0.3, -0.25) is 9.59 Å². The van der Waals surface area contributed by atoms with Crippen LogP contribution in [0.1, 0.15) is 49.7 Å². The van der Waals surface area contributed by atoms with Gasteiger partial charge in [0, 0.05) is 34.5 Å². The summed E-state index contributed by atoms with van der Waals surface area (Å²) >= 11 is 1.15. The van der Waals surface area contributed by atoms with Gasteiger partial charge >= 0.3 is 0 Å². The molecule has 1 aromatic heterocycles. The number of ketones is 2. The van der Waals surface area contributed by atoms with Gasteiger partial charge in [0.05, 0.1) is 23.1 Å². The Bertz CT molecular complexity index is 1930. The number of aromatic nitrogens is 2. The van der Waals surface area contributed by atoms with E-state index in [0.717, 1.165) is 58.3 Å². The van der Waals surface area contributed by atoms with Gasteiger partial charge in [-0.15, -0.1) is 0 Å². The van der Waals surface area contributed by atoms with Crippen molar-refractivity contribution in [1.29, 1.82) is 0 Å². The van der Waals surface area contributed by atoms with Crippen LogP contribution in [-0.2, 0) is 9.59 Å². The number of aliphatic imine (C=N–C) groups is 1. The van der Waals surface area contributed by atoms with Crippen molar-refractivity contribution >= 4 is 62.8 Å². The lowest BCUT2D eigenvalue weighted by Gasteiger charge is -2.40. The Morgan fingerprint density at radius 1 is 0.674 bits per heavy atom. The van der Waals surface area contributed by atoms with E-state index in [1.54, 1.807) is 0 Å². The number of hydrogen-bond acceptors (Lipinski definition) is 7. The molecule has 0 saturated heterocycles. The molecule has 3 aliphatic carbocycles. The predicted octanol–water partition coefficient (Wildman–Crippen LogP) is 9.50. The third kappa shape index (κ3) is 5.07. The van der Waals surface area contributed by atoms with Crippen molar-refractivity contribution < 1.29 is 9.59 Å². The Morgan fingerprint density at radius 3 is 1.83 bits per heavy atom. The highest BCUT2D eigenvalue weighted by molar-refractivity contribution is 7.00. The van der Waals surface area contributed by atoms with E-state index in [-0.39, 0.29) is 17.6 Å². The Kier molecular flexibility index (Phi) is 7.36. The van der Waals surface area contributed by atoms with Gasteiger partial charge in [-0.05, 0) is 92.6 Å². The standard InChI is InChI=1S/C39H36N4O2S/c1-23-7-13-28(14-8-23)43(29-15-9-24(2)10-16-29)30-17-11-25(12-18-30)31-19-20-34(37-35(31)41-46-42-37)40-36-32-21-26-5-3-4-6-27(26)22-33(32)38(44)39(36)45/h7-20,26-27,32-33H,3-6,21-22H2,1-2H3. The summed E-state index contributed by atoms with van der Waals surface area (Å²) in [4.78, 5) is 33.5. The van der Waals surface area contributed by atoms with Crippen molar-refractivity contribution in [2.75, 3.05) is 4.90 Å². The number of anilines is 3. The van der Waals surface area contributed by atoms with E-state index in [4.69, 9.17) is 4.99 Å².